The van der Waals surface area contributed by atoms with E-state index in [1.54, 1.807) is 0 Å². The Hall–Kier alpha value is -1.88. The lowest BCUT2D eigenvalue weighted by atomic mass is 9.86. The van der Waals surface area contributed by atoms with Crippen LogP contribution in [-0.2, 0) is 19.7 Å². The maximum absolute atomic E-state index is 12.2. The SMILES string of the molecule is CC(C)(C)c1ccccc1NC(=O)C1COCC(=O)N1. The van der Waals surface area contributed by atoms with Gasteiger partial charge in [-0.2, -0.15) is 0 Å². The van der Waals surface area contributed by atoms with E-state index in [-0.39, 0.29) is 30.4 Å². The number of carbonyl (C=O) groups is 2. The number of rotatable bonds is 2. The fourth-order valence-electron chi connectivity index (χ4n) is 2.15. The smallest absolute Gasteiger partial charge is 0.249 e. The summed E-state index contributed by atoms with van der Waals surface area (Å²) in [7, 11) is 0. The van der Waals surface area contributed by atoms with Gasteiger partial charge in [-0.25, -0.2) is 0 Å². The van der Waals surface area contributed by atoms with Crippen molar-refractivity contribution in [3.63, 3.8) is 0 Å². The van der Waals surface area contributed by atoms with E-state index in [4.69, 9.17) is 4.74 Å². The van der Waals surface area contributed by atoms with Gasteiger partial charge in [0.05, 0.1) is 6.61 Å². The molecule has 1 saturated heterocycles. The number of amides is 2. The Balaban J connectivity index is 2.14. The second-order valence-electron chi connectivity index (χ2n) is 5.92. The van der Waals surface area contributed by atoms with E-state index in [9.17, 15) is 9.59 Å². The topological polar surface area (TPSA) is 67.4 Å². The van der Waals surface area contributed by atoms with Crippen molar-refractivity contribution in [2.24, 2.45) is 0 Å². The highest BCUT2D eigenvalue weighted by atomic mass is 16.5. The van der Waals surface area contributed by atoms with Crippen molar-refractivity contribution in [1.82, 2.24) is 5.32 Å². The molecule has 108 valence electrons. The molecule has 2 amide bonds. The van der Waals surface area contributed by atoms with E-state index in [1.165, 1.54) is 0 Å². The first-order valence-electron chi connectivity index (χ1n) is 6.65. The Morgan fingerprint density at radius 2 is 2.05 bits per heavy atom. The van der Waals surface area contributed by atoms with Gasteiger partial charge in [-0.1, -0.05) is 39.0 Å². The predicted octanol–water partition coefficient (Wildman–Crippen LogP) is 1.44. The van der Waals surface area contributed by atoms with Crippen LogP contribution in [0.4, 0.5) is 5.69 Å². The first kappa shape index (κ1) is 14.5. The van der Waals surface area contributed by atoms with E-state index in [0.717, 1.165) is 11.3 Å². The molecular formula is C15H20N2O3. The van der Waals surface area contributed by atoms with Crippen LogP contribution in [0.1, 0.15) is 26.3 Å². The normalized spacial score (nSPS) is 19.4. The third-order valence-corrected chi connectivity index (χ3v) is 3.16. The van der Waals surface area contributed by atoms with Gasteiger partial charge in [-0.15, -0.1) is 0 Å². The minimum Gasteiger partial charge on any atom is -0.369 e. The number of hydrogen-bond donors (Lipinski definition) is 2. The third kappa shape index (κ3) is 3.36. The molecule has 5 heteroatoms. The van der Waals surface area contributed by atoms with Crippen LogP contribution in [0.15, 0.2) is 24.3 Å². The highest BCUT2D eigenvalue weighted by molar-refractivity contribution is 5.98. The zero-order chi connectivity index (χ0) is 14.8. The Morgan fingerprint density at radius 1 is 1.35 bits per heavy atom. The molecule has 0 saturated carbocycles. The van der Waals surface area contributed by atoms with Gasteiger partial charge in [0.25, 0.3) is 0 Å². The molecule has 0 radical (unpaired) electrons. The summed E-state index contributed by atoms with van der Waals surface area (Å²) < 4.78 is 5.08. The fourth-order valence-corrected chi connectivity index (χ4v) is 2.15. The minimum absolute atomic E-state index is 0.0162. The van der Waals surface area contributed by atoms with E-state index in [1.807, 2.05) is 24.3 Å². The summed E-state index contributed by atoms with van der Waals surface area (Å²) >= 11 is 0. The molecule has 0 aliphatic carbocycles. The lowest BCUT2D eigenvalue weighted by molar-refractivity contribution is -0.136. The molecule has 0 spiro atoms. The molecule has 5 nitrogen and oxygen atoms in total. The van der Waals surface area contributed by atoms with Crippen molar-refractivity contribution in [3.05, 3.63) is 29.8 Å². The van der Waals surface area contributed by atoms with Gasteiger partial charge in [0.1, 0.15) is 12.6 Å². The van der Waals surface area contributed by atoms with Crippen LogP contribution in [0, 0.1) is 0 Å². The highest BCUT2D eigenvalue weighted by Crippen LogP contribution is 2.29. The molecule has 1 heterocycles. The van der Waals surface area contributed by atoms with Gasteiger partial charge in [0, 0.05) is 5.69 Å². The van der Waals surface area contributed by atoms with Crippen LogP contribution in [0.5, 0.6) is 0 Å². The molecule has 1 atom stereocenters. The van der Waals surface area contributed by atoms with Crippen LogP contribution in [0.25, 0.3) is 0 Å². The number of anilines is 1. The number of benzene rings is 1. The summed E-state index contributed by atoms with van der Waals surface area (Å²) in [5.74, 6) is -0.518. The number of ether oxygens (including phenoxy) is 1. The van der Waals surface area contributed by atoms with Crippen LogP contribution >= 0.6 is 0 Å². The first-order valence-corrected chi connectivity index (χ1v) is 6.65. The second-order valence-corrected chi connectivity index (χ2v) is 5.92. The molecule has 0 aromatic heterocycles. The van der Waals surface area contributed by atoms with Crippen LogP contribution in [0.3, 0.4) is 0 Å². The van der Waals surface area contributed by atoms with Gasteiger partial charge in [0.2, 0.25) is 11.8 Å². The maximum Gasteiger partial charge on any atom is 0.249 e. The largest absolute Gasteiger partial charge is 0.369 e. The lowest BCUT2D eigenvalue weighted by Crippen LogP contribution is -2.52. The molecule has 1 aliphatic heterocycles. The summed E-state index contributed by atoms with van der Waals surface area (Å²) in [5, 5.41) is 5.49. The molecule has 1 aliphatic rings. The maximum atomic E-state index is 12.2. The average molecular weight is 276 g/mol. The van der Waals surface area contributed by atoms with Gasteiger partial charge in [0.15, 0.2) is 0 Å². The van der Waals surface area contributed by atoms with Crippen molar-refractivity contribution in [2.75, 3.05) is 18.5 Å². The quantitative estimate of drug-likeness (QED) is 0.859. The Labute approximate surface area is 118 Å². The minimum atomic E-state index is -0.635. The van der Waals surface area contributed by atoms with Crippen LogP contribution < -0.4 is 10.6 Å². The van der Waals surface area contributed by atoms with E-state index >= 15 is 0 Å². The van der Waals surface area contributed by atoms with Crippen molar-refractivity contribution in [1.29, 1.82) is 0 Å². The Bertz CT molecular complexity index is 520. The number of nitrogens with one attached hydrogen (secondary N) is 2. The van der Waals surface area contributed by atoms with Crippen molar-refractivity contribution in [2.45, 2.75) is 32.2 Å². The first-order chi connectivity index (χ1) is 9.38. The lowest BCUT2D eigenvalue weighted by Gasteiger charge is -2.26. The van der Waals surface area contributed by atoms with E-state index in [2.05, 4.69) is 31.4 Å². The zero-order valence-electron chi connectivity index (χ0n) is 12.0. The highest BCUT2D eigenvalue weighted by Gasteiger charge is 2.26. The molecule has 2 N–H and O–H groups in total. The number of hydrogen-bond acceptors (Lipinski definition) is 3. The summed E-state index contributed by atoms with van der Waals surface area (Å²) in [6, 6.07) is 7.04. The van der Waals surface area contributed by atoms with Gasteiger partial charge in [-0.3, -0.25) is 9.59 Å². The molecule has 20 heavy (non-hydrogen) atoms. The van der Waals surface area contributed by atoms with Gasteiger partial charge < -0.3 is 15.4 Å². The molecule has 1 aromatic carbocycles. The predicted molar refractivity (Wildman–Crippen MR) is 76.5 cm³/mol. The number of para-hydroxylation sites is 1. The van der Waals surface area contributed by atoms with Crippen molar-refractivity contribution >= 4 is 17.5 Å². The molecule has 2 rings (SSSR count). The molecule has 1 unspecified atom stereocenters. The Morgan fingerprint density at radius 3 is 2.70 bits per heavy atom. The van der Waals surface area contributed by atoms with Gasteiger partial charge in [-0.05, 0) is 17.0 Å². The number of carbonyl (C=O) groups excluding carboxylic acids is 2. The summed E-state index contributed by atoms with van der Waals surface area (Å²) in [4.78, 5) is 23.4. The monoisotopic (exact) mass is 276 g/mol. The summed E-state index contributed by atoms with van der Waals surface area (Å²) in [6.45, 7) is 6.48. The summed E-state index contributed by atoms with van der Waals surface area (Å²) in [5.41, 5.74) is 1.75. The molecule has 0 bridgehead atoms. The Kier molecular flexibility index (Phi) is 4.09. The van der Waals surface area contributed by atoms with Crippen molar-refractivity contribution in [3.8, 4) is 0 Å². The van der Waals surface area contributed by atoms with Crippen molar-refractivity contribution < 1.29 is 14.3 Å². The second kappa shape index (κ2) is 5.63. The molecule has 1 aromatic rings. The molecule has 1 fully saturated rings. The van der Waals surface area contributed by atoms with E-state index in [0.29, 0.717) is 0 Å². The zero-order valence-corrected chi connectivity index (χ0v) is 12.0. The average Bonchev–Trinajstić information content (AvgIpc) is 2.38. The molecular weight excluding hydrogens is 256 g/mol. The van der Waals surface area contributed by atoms with E-state index < -0.39 is 6.04 Å². The number of morpholine rings is 1. The fraction of sp³-hybridized carbons (Fsp3) is 0.467. The van der Waals surface area contributed by atoms with Gasteiger partial charge >= 0.3 is 0 Å². The third-order valence-electron chi connectivity index (χ3n) is 3.16. The van der Waals surface area contributed by atoms with Crippen LogP contribution in [0.2, 0.25) is 0 Å². The standard InChI is InChI=1S/C15H20N2O3/c1-15(2,3)10-6-4-5-7-11(10)17-14(19)12-8-20-9-13(18)16-12/h4-7,12H,8-9H2,1-3H3,(H,16,18)(H,17,19). The summed E-state index contributed by atoms with van der Waals surface area (Å²) in [6.07, 6.45) is 0. The van der Waals surface area contributed by atoms with Crippen LogP contribution in [-0.4, -0.2) is 31.1 Å².